The molecule has 2 aromatic carbocycles. The largest absolute Gasteiger partial charge is 0.488 e. The van der Waals surface area contributed by atoms with E-state index in [0.29, 0.717) is 23.6 Å². The molecule has 0 aliphatic carbocycles. The monoisotopic (exact) mass is 430 g/mol. The number of aromatic nitrogens is 3. The van der Waals surface area contributed by atoms with Gasteiger partial charge in [-0.25, -0.2) is 0 Å². The number of nitrogens with one attached hydrogen (secondary N) is 1. The molecule has 0 saturated heterocycles. The molecule has 0 aliphatic heterocycles. The van der Waals surface area contributed by atoms with Crippen LogP contribution < -0.4 is 10.1 Å². The van der Waals surface area contributed by atoms with Gasteiger partial charge >= 0.3 is 0 Å². The molecule has 7 heteroatoms. The van der Waals surface area contributed by atoms with E-state index in [-0.39, 0.29) is 18.2 Å². The molecule has 0 saturated carbocycles. The molecule has 0 bridgehead atoms. The Balaban J connectivity index is 1.43. The van der Waals surface area contributed by atoms with Gasteiger partial charge < -0.3 is 14.6 Å². The fraction of sp³-hybridized carbons (Fsp3) is 0.240. The minimum Gasteiger partial charge on any atom is -0.488 e. The molecule has 0 atom stereocenters. The standard InChI is InChI=1S/C25H26N4O3/c1-16-5-8-20(9-6-16)13-29-14-21(12-26-29)27-25(30)24-22(19(4)32-28-24)15-31-23-10-7-17(2)11-18(23)3/h5-12,14H,13,15H2,1-4H3,(H,27,30). The first-order valence-electron chi connectivity index (χ1n) is 10.4. The summed E-state index contributed by atoms with van der Waals surface area (Å²) in [5, 5.41) is 11.1. The van der Waals surface area contributed by atoms with E-state index in [9.17, 15) is 4.79 Å². The van der Waals surface area contributed by atoms with Crippen molar-refractivity contribution >= 4 is 11.6 Å². The van der Waals surface area contributed by atoms with Gasteiger partial charge in [0.1, 0.15) is 18.1 Å². The zero-order chi connectivity index (χ0) is 22.7. The summed E-state index contributed by atoms with van der Waals surface area (Å²) in [6.07, 6.45) is 3.40. The lowest BCUT2D eigenvalue weighted by Crippen LogP contribution is -2.15. The van der Waals surface area contributed by atoms with Crippen molar-refractivity contribution in [2.75, 3.05) is 5.32 Å². The molecule has 32 heavy (non-hydrogen) atoms. The van der Waals surface area contributed by atoms with Crippen LogP contribution in [0.2, 0.25) is 0 Å². The smallest absolute Gasteiger partial charge is 0.278 e. The van der Waals surface area contributed by atoms with Gasteiger partial charge in [0.25, 0.3) is 5.91 Å². The molecular weight excluding hydrogens is 404 g/mol. The van der Waals surface area contributed by atoms with Crippen LogP contribution in [-0.2, 0) is 13.2 Å². The van der Waals surface area contributed by atoms with Crippen molar-refractivity contribution in [2.45, 2.75) is 40.8 Å². The molecule has 4 aromatic rings. The average molecular weight is 431 g/mol. The summed E-state index contributed by atoms with van der Waals surface area (Å²) in [6, 6.07) is 14.2. The molecule has 2 heterocycles. The number of rotatable bonds is 7. The Morgan fingerprint density at radius 1 is 1.06 bits per heavy atom. The first-order chi connectivity index (χ1) is 15.4. The number of benzene rings is 2. The molecule has 2 aromatic heterocycles. The van der Waals surface area contributed by atoms with Crippen molar-refractivity contribution in [1.29, 1.82) is 0 Å². The van der Waals surface area contributed by atoms with E-state index < -0.39 is 0 Å². The Bertz CT molecular complexity index is 1240. The fourth-order valence-electron chi connectivity index (χ4n) is 3.44. The molecule has 1 amide bonds. The number of ether oxygens (including phenoxy) is 1. The highest BCUT2D eigenvalue weighted by Crippen LogP contribution is 2.23. The predicted molar refractivity (Wildman–Crippen MR) is 122 cm³/mol. The van der Waals surface area contributed by atoms with Crippen LogP contribution in [0.15, 0.2) is 59.4 Å². The van der Waals surface area contributed by atoms with Crippen LogP contribution >= 0.6 is 0 Å². The second kappa shape index (κ2) is 9.09. The van der Waals surface area contributed by atoms with Gasteiger partial charge in [-0.1, -0.05) is 52.7 Å². The van der Waals surface area contributed by atoms with Gasteiger partial charge in [0.2, 0.25) is 0 Å². The summed E-state index contributed by atoms with van der Waals surface area (Å²) in [6.45, 7) is 8.65. The lowest BCUT2D eigenvalue weighted by atomic mass is 10.1. The Morgan fingerprint density at radius 2 is 1.81 bits per heavy atom. The topological polar surface area (TPSA) is 82.2 Å². The lowest BCUT2D eigenvalue weighted by Gasteiger charge is -2.10. The number of hydrogen-bond donors (Lipinski definition) is 1. The number of carbonyl (C=O) groups is 1. The van der Waals surface area contributed by atoms with Gasteiger partial charge in [0.05, 0.1) is 24.0 Å². The summed E-state index contributed by atoms with van der Waals surface area (Å²) in [7, 11) is 0. The number of carbonyl (C=O) groups excluding carboxylic acids is 1. The summed E-state index contributed by atoms with van der Waals surface area (Å²) in [4.78, 5) is 12.9. The molecule has 0 unspecified atom stereocenters. The highest BCUT2D eigenvalue weighted by molar-refractivity contribution is 6.03. The van der Waals surface area contributed by atoms with E-state index in [0.717, 1.165) is 16.9 Å². The van der Waals surface area contributed by atoms with Gasteiger partial charge in [-0.15, -0.1) is 0 Å². The van der Waals surface area contributed by atoms with Crippen LogP contribution in [-0.4, -0.2) is 20.8 Å². The van der Waals surface area contributed by atoms with E-state index in [1.807, 2.05) is 26.0 Å². The molecule has 1 N–H and O–H groups in total. The van der Waals surface area contributed by atoms with Crippen molar-refractivity contribution in [1.82, 2.24) is 14.9 Å². The predicted octanol–water partition coefficient (Wildman–Crippen LogP) is 4.98. The zero-order valence-corrected chi connectivity index (χ0v) is 18.7. The minimum absolute atomic E-state index is 0.189. The maximum Gasteiger partial charge on any atom is 0.278 e. The maximum absolute atomic E-state index is 12.9. The van der Waals surface area contributed by atoms with Crippen LogP contribution in [0.4, 0.5) is 5.69 Å². The van der Waals surface area contributed by atoms with Gasteiger partial charge in [-0.05, 0) is 44.9 Å². The van der Waals surface area contributed by atoms with Gasteiger partial charge in [0, 0.05) is 6.20 Å². The summed E-state index contributed by atoms with van der Waals surface area (Å²) in [5.74, 6) is 0.950. The van der Waals surface area contributed by atoms with Gasteiger partial charge in [-0.3, -0.25) is 9.48 Å². The second-order valence-electron chi connectivity index (χ2n) is 7.99. The fourth-order valence-corrected chi connectivity index (χ4v) is 3.44. The molecular formula is C25H26N4O3. The van der Waals surface area contributed by atoms with E-state index >= 15 is 0 Å². The third-order valence-electron chi connectivity index (χ3n) is 5.26. The van der Waals surface area contributed by atoms with Crippen molar-refractivity contribution in [3.63, 3.8) is 0 Å². The number of amides is 1. The summed E-state index contributed by atoms with van der Waals surface area (Å²) < 4.78 is 13.0. The SMILES string of the molecule is Cc1ccc(Cn2cc(NC(=O)c3noc(C)c3COc3ccc(C)cc3C)cn2)cc1. The number of nitrogens with zero attached hydrogens (tertiary/aromatic N) is 3. The van der Waals surface area contributed by atoms with Crippen molar-refractivity contribution < 1.29 is 14.1 Å². The first-order valence-corrected chi connectivity index (χ1v) is 10.4. The molecule has 4 rings (SSSR count). The van der Waals surface area contributed by atoms with Gasteiger partial charge in [-0.2, -0.15) is 5.10 Å². The second-order valence-corrected chi connectivity index (χ2v) is 7.99. The molecule has 7 nitrogen and oxygen atoms in total. The summed E-state index contributed by atoms with van der Waals surface area (Å²) in [5.41, 5.74) is 5.96. The highest BCUT2D eigenvalue weighted by Gasteiger charge is 2.21. The van der Waals surface area contributed by atoms with Gasteiger partial charge in [0.15, 0.2) is 5.69 Å². The number of anilines is 1. The molecule has 0 spiro atoms. The van der Waals surface area contributed by atoms with Crippen LogP contribution in [0.25, 0.3) is 0 Å². The van der Waals surface area contributed by atoms with E-state index in [1.165, 1.54) is 11.1 Å². The Kier molecular flexibility index (Phi) is 6.07. The van der Waals surface area contributed by atoms with Crippen molar-refractivity contribution in [3.8, 4) is 5.75 Å². The molecule has 0 aliphatic rings. The van der Waals surface area contributed by atoms with Crippen molar-refractivity contribution in [2.24, 2.45) is 0 Å². The lowest BCUT2D eigenvalue weighted by molar-refractivity contribution is 0.101. The Labute approximate surface area is 187 Å². The van der Waals surface area contributed by atoms with Crippen LogP contribution in [0.5, 0.6) is 5.75 Å². The zero-order valence-electron chi connectivity index (χ0n) is 18.7. The van der Waals surface area contributed by atoms with Crippen LogP contribution in [0.3, 0.4) is 0 Å². The molecule has 164 valence electrons. The van der Waals surface area contributed by atoms with E-state index in [4.69, 9.17) is 9.26 Å². The minimum atomic E-state index is -0.365. The maximum atomic E-state index is 12.9. The molecule has 0 fully saturated rings. The Morgan fingerprint density at radius 3 is 2.56 bits per heavy atom. The van der Waals surface area contributed by atoms with E-state index in [1.54, 1.807) is 24.0 Å². The highest BCUT2D eigenvalue weighted by atomic mass is 16.5. The third kappa shape index (κ3) is 4.88. The van der Waals surface area contributed by atoms with Crippen molar-refractivity contribution in [3.05, 3.63) is 94.1 Å². The normalized spacial score (nSPS) is 10.9. The summed E-state index contributed by atoms with van der Waals surface area (Å²) >= 11 is 0. The third-order valence-corrected chi connectivity index (χ3v) is 5.26. The number of aryl methyl sites for hydroxylation is 4. The quantitative estimate of drug-likeness (QED) is 0.447. The average Bonchev–Trinajstić information content (AvgIpc) is 3.35. The molecule has 0 radical (unpaired) electrons. The number of hydrogen-bond acceptors (Lipinski definition) is 5. The Hall–Kier alpha value is -3.87. The van der Waals surface area contributed by atoms with E-state index in [2.05, 4.69) is 52.8 Å². The van der Waals surface area contributed by atoms with Crippen LogP contribution in [0.1, 0.15) is 44.1 Å². The first kappa shape index (κ1) is 21.4. The van der Waals surface area contributed by atoms with Crippen LogP contribution in [0, 0.1) is 27.7 Å².